The zero-order chi connectivity index (χ0) is 18.8. The van der Waals surface area contributed by atoms with E-state index in [1.54, 1.807) is 6.08 Å². The van der Waals surface area contributed by atoms with Crippen molar-refractivity contribution in [3.63, 3.8) is 0 Å². The lowest BCUT2D eigenvalue weighted by Crippen LogP contribution is -2.48. The molecule has 3 atom stereocenters. The SMILES string of the molecule is C=CCOCN(C[C@@H](O)[C@@H](N)Cc1cc(F)cc(F)c1)[C@H](C)CCC. The van der Waals surface area contributed by atoms with E-state index in [4.69, 9.17) is 10.5 Å². The van der Waals surface area contributed by atoms with Crippen LogP contribution in [0.5, 0.6) is 0 Å². The number of nitrogens with zero attached hydrogens (tertiary/aromatic N) is 1. The number of hydrogen-bond donors (Lipinski definition) is 2. The van der Waals surface area contributed by atoms with Crippen molar-refractivity contribution in [2.45, 2.75) is 51.3 Å². The van der Waals surface area contributed by atoms with E-state index in [2.05, 4.69) is 20.4 Å². The minimum absolute atomic E-state index is 0.194. The highest BCUT2D eigenvalue weighted by Gasteiger charge is 2.22. The van der Waals surface area contributed by atoms with Gasteiger partial charge in [-0.05, 0) is 37.5 Å². The fourth-order valence-corrected chi connectivity index (χ4v) is 2.73. The number of halogens is 2. The Hall–Kier alpha value is -1.34. The van der Waals surface area contributed by atoms with Crippen molar-refractivity contribution < 1.29 is 18.6 Å². The summed E-state index contributed by atoms with van der Waals surface area (Å²) in [5, 5.41) is 10.4. The summed E-state index contributed by atoms with van der Waals surface area (Å²) < 4.78 is 32.1. The fraction of sp³-hybridized carbons (Fsp3) is 0.579. The molecule has 0 aliphatic rings. The monoisotopic (exact) mass is 356 g/mol. The molecule has 1 aromatic rings. The Morgan fingerprint density at radius 2 is 1.96 bits per heavy atom. The third kappa shape index (κ3) is 8.05. The van der Waals surface area contributed by atoms with Crippen molar-refractivity contribution in [3.05, 3.63) is 48.1 Å². The summed E-state index contributed by atoms with van der Waals surface area (Å²) in [6, 6.07) is 2.89. The standard InChI is InChI=1S/C19H30F2N2O2/c1-4-6-14(3)23(13-25-7-5-2)12-19(24)18(22)10-15-8-16(20)11-17(21)9-15/h5,8-9,11,14,18-19,24H,2,4,6-7,10,12-13,22H2,1,3H3/t14-,18+,19-/m1/s1. The number of benzene rings is 1. The van der Waals surface area contributed by atoms with Gasteiger partial charge in [0.05, 0.1) is 19.4 Å². The topological polar surface area (TPSA) is 58.7 Å². The van der Waals surface area contributed by atoms with Crippen LogP contribution >= 0.6 is 0 Å². The van der Waals surface area contributed by atoms with Gasteiger partial charge in [0, 0.05) is 24.7 Å². The molecule has 0 spiro atoms. The van der Waals surface area contributed by atoms with Crippen LogP contribution in [0.3, 0.4) is 0 Å². The average molecular weight is 356 g/mol. The third-order valence-electron chi connectivity index (χ3n) is 4.13. The number of rotatable bonds is 12. The maximum atomic E-state index is 13.3. The molecule has 0 bridgehead atoms. The van der Waals surface area contributed by atoms with Gasteiger partial charge < -0.3 is 15.6 Å². The largest absolute Gasteiger partial charge is 0.390 e. The number of nitrogens with two attached hydrogens (primary N) is 1. The van der Waals surface area contributed by atoms with Gasteiger partial charge in [0.2, 0.25) is 0 Å². The van der Waals surface area contributed by atoms with Crippen molar-refractivity contribution in [2.24, 2.45) is 5.73 Å². The summed E-state index contributed by atoms with van der Waals surface area (Å²) in [7, 11) is 0. The minimum Gasteiger partial charge on any atom is -0.390 e. The first-order chi connectivity index (χ1) is 11.9. The predicted octanol–water partition coefficient (Wildman–Crippen LogP) is 2.85. The van der Waals surface area contributed by atoms with Crippen LogP contribution in [0.4, 0.5) is 8.78 Å². The Kier molecular flexibility index (Phi) is 9.82. The molecule has 3 N–H and O–H groups in total. The second-order valence-electron chi connectivity index (χ2n) is 6.41. The van der Waals surface area contributed by atoms with Crippen molar-refractivity contribution in [2.75, 3.05) is 19.9 Å². The number of ether oxygens (including phenoxy) is 1. The minimum atomic E-state index is -0.835. The summed E-state index contributed by atoms with van der Waals surface area (Å²) in [5.41, 5.74) is 6.48. The molecule has 0 amide bonds. The number of hydrogen-bond acceptors (Lipinski definition) is 4. The Morgan fingerprint density at radius 3 is 2.52 bits per heavy atom. The molecule has 0 fully saturated rings. The summed E-state index contributed by atoms with van der Waals surface area (Å²) >= 11 is 0. The lowest BCUT2D eigenvalue weighted by molar-refractivity contribution is -0.0134. The second kappa shape index (κ2) is 11.3. The van der Waals surface area contributed by atoms with Crippen LogP contribution in [0.1, 0.15) is 32.3 Å². The Labute approximate surface area is 149 Å². The zero-order valence-corrected chi connectivity index (χ0v) is 15.1. The van der Waals surface area contributed by atoms with Gasteiger partial charge in [0.25, 0.3) is 0 Å². The van der Waals surface area contributed by atoms with Gasteiger partial charge in [-0.25, -0.2) is 8.78 Å². The van der Waals surface area contributed by atoms with Crippen molar-refractivity contribution >= 4 is 0 Å². The second-order valence-corrected chi connectivity index (χ2v) is 6.41. The molecule has 0 heterocycles. The van der Waals surface area contributed by atoms with Gasteiger partial charge in [0.15, 0.2) is 0 Å². The molecule has 142 valence electrons. The van der Waals surface area contributed by atoms with Crippen molar-refractivity contribution in [3.8, 4) is 0 Å². The van der Waals surface area contributed by atoms with Gasteiger partial charge >= 0.3 is 0 Å². The fourth-order valence-electron chi connectivity index (χ4n) is 2.73. The first-order valence-electron chi connectivity index (χ1n) is 8.68. The molecule has 0 unspecified atom stereocenters. The molecule has 25 heavy (non-hydrogen) atoms. The van der Waals surface area contributed by atoms with Gasteiger partial charge in [-0.15, -0.1) is 6.58 Å². The highest BCUT2D eigenvalue weighted by atomic mass is 19.1. The predicted molar refractivity (Wildman–Crippen MR) is 96.1 cm³/mol. The van der Waals surface area contributed by atoms with E-state index in [9.17, 15) is 13.9 Å². The molecule has 0 saturated heterocycles. The summed E-state index contributed by atoms with van der Waals surface area (Å²) in [6.45, 7) is 8.91. The maximum absolute atomic E-state index is 13.3. The van der Waals surface area contributed by atoms with Crippen LogP contribution in [0.2, 0.25) is 0 Å². The quantitative estimate of drug-likeness (QED) is 0.343. The summed E-state index contributed by atoms with van der Waals surface area (Å²) in [4.78, 5) is 2.02. The summed E-state index contributed by atoms with van der Waals surface area (Å²) in [6.07, 6.45) is 3.01. The molecule has 1 aromatic carbocycles. The molecular formula is C19H30F2N2O2. The summed E-state index contributed by atoms with van der Waals surface area (Å²) in [5.74, 6) is -1.29. The zero-order valence-electron chi connectivity index (χ0n) is 15.1. The third-order valence-corrected chi connectivity index (χ3v) is 4.13. The van der Waals surface area contributed by atoms with E-state index in [0.717, 1.165) is 18.9 Å². The Bertz CT molecular complexity index is 508. The van der Waals surface area contributed by atoms with Crippen LogP contribution in [0.15, 0.2) is 30.9 Å². The van der Waals surface area contributed by atoms with Crippen molar-refractivity contribution in [1.29, 1.82) is 0 Å². The molecule has 0 radical (unpaired) electrons. The number of aliphatic hydroxyl groups excluding tert-OH is 1. The van der Waals surface area contributed by atoms with Crippen LogP contribution in [0.25, 0.3) is 0 Å². The highest BCUT2D eigenvalue weighted by Crippen LogP contribution is 2.13. The molecule has 0 aromatic heterocycles. The van der Waals surface area contributed by atoms with E-state index in [1.165, 1.54) is 12.1 Å². The van der Waals surface area contributed by atoms with Crippen LogP contribution in [0, 0.1) is 11.6 Å². The Balaban J connectivity index is 2.66. The van der Waals surface area contributed by atoms with E-state index in [-0.39, 0.29) is 12.5 Å². The van der Waals surface area contributed by atoms with Crippen LogP contribution in [-0.2, 0) is 11.2 Å². The smallest absolute Gasteiger partial charge is 0.126 e. The van der Waals surface area contributed by atoms with Gasteiger partial charge in [-0.1, -0.05) is 19.4 Å². The molecular weight excluding hydrogens is 326 g/mol. The van der Waals surface area contributed by atoms with Gasteiger partial charge in [-0.2, -0.15) is 0 Å². The molecule has 0 saturated carbocycles. The maximum Gasteiger partial charge on any atom is 0.126 e. The average Bonchev–Trinajstić information content (AvgIpc) is 2.53. The van der Waals surface area contributed by atoms with E-state index >= 15 is 0 Å². The van der Waals surface area contributed by atoms with Gasteiger partial charge in [0.1, 0.15) is 11.6 Å². The molecule has 0 aliphatic carbocycles. The molecule has 4 nitrogen and oxygen atoms in total. The first kappa shape index (κ1) is 21.7. The highest BCUT2D eigenvalue weighted by molar-refractivity contribution is 5.19. The lowest BCUT2D eigenvalue weighted by Gasteiger charge is -2.32. The first-order valence-corrected chi connectivity index (χ1v) is 8.68. The molecule has 1 rings (SSSR count). The molecule has 0 aliphatic heterocycles. The van der Waals surface area contributed by atoms with E-state index in [1.807, 2.05) is 4.90 Å². The van der Waals surface area contributed by atoms with E-state index < -0.39 is 23.8 Å². The normalized spacial score (nSPS) is 15.2. The van der Waals surface area contributed by atoms with Crippen LogP contribution in [-0.4, -0.2) is 48.1 Å². The Morgan fingerprint density at radius 1 is 1.32 bits per heavy atom. The van der Waals surface area contributed by atoms with E-state index in [0.29, 0.717) is 25.4 Å². The number of aliphatic hydroxyl groups is 1. The van der Waals surface area contributed by atoms with Crippen molar-refractivity contribution in [1.82, 2.24) is 4.90 Å². The van der Waals surface area contributed by atoms with Gasteiger partial charge in [-0.3, -0.25) is 4.90 Å². The molecule has 6 heteroatoms. The lowest BCUT2D eigenvalue weighted by atomic mass is 10.0. The van der Waals surface area contributed by atoms with Crippen LogP contribution < -0.4 is 5.73 Å².